The predicted molar refractivity (Wildman–Crippen MR) is 375 cm³/mol. The molecule has 2 fully saturated rings. The molecule has 5 aliphatic rings. The van der Waals surface area contributed by atoms with Crippen molar-refractivity contribution in [3.63, 3.8) is 0 Å². The Labute approximate surface area is 566 Å². The molecule has 96 heavy (non-hydrogen) atoms. The third kappa shape index (κ3) is 21.2. The lowest BCUT2D eigenvalue weighted by atomic mass is 9.92. The molecular weight excluding hydrogens is 1210 g/mol. The number of anilines is 6. The number of nitrogen functional groups attached to an aromatic ring is 3. The number of aryl methyl sites for hydroxylation is 1. The quantitative estimate of drug-likeness (QED) is 0.0415. The highest BCUT2D eigenvalue weighted by molar-refractivity contribution is 5.92. The van der Waals surface area contributed by atoms with E-state index >= 15 is 0 Å². The Morgan fingerprint density at radius 1 is 0.583 bits per heavy atom. The van der Waals surface area contributed by atoms with Crippen LogP contribution in [0.25, 0.3) is 0 Å². The van der Waals surface area contributed by atoms with Crippen LogP contribution < -0.4 is 46.1 Å². The van der Waals surface area contributed by atoms with Crippen molar-refractivity contribution >= 4 is 58.2 Å². The summed E-state index contributed by atoms with van der Waals surface area (Å²) in [6.45, 7) is 22.8. The third-order valence-electron chi connectivity index (χ3n) is 18.1. The molecule has 0 bridgehead atoms. The van der Waals surface area contributed by atoms with Gasteiger partial charge in [-0.2, -0.15) is 29.9 Å². The number of ketones is 3. The standard InChI is InChI=1S/C28H41N7O3.C25H35N5O2.C19H25N5O2/c1-3-4-17-38-28-30-26(29)24-18-23(36)20-35(27(24)31-28)12-8-11-34(19-22-9-6-5-7-10-22)25(37)21-33-15-13-32(2)14-16-33;1-2-3-15-32-25-27-23(26)22-16-21(31)18-30(24(22)28-25)14-11-19-9-12-29(13-10-19)17-20-7-5-4-6-8-20;1-4-5-13(3)26-19-22-17(20)16-8-15(25)11-24(18(16)23-19)10-14-7-6-12(2)21-9-14/h5-7,9-10H,3-4,8,11-21H2,1-2H3,(H2,29,30,31);4-8,19H,2-3,9-18H2,1H3,(H2,26,27,28);6-7,9,13H,4-5,8,10-11H2,1-3H3,(H2,20,22,23). The van der Waals surface area contributed by atoms with Crippen LogP contribution in [0.15, 0.2) is 79.0 Å². The number of piperidine rings is 1. The lowest BCUT2D eigenvalue weighted by molar-refractivity contribution is -0.133. The van der Waals surface area contributed by atoms with E-state index in [0.717, 1.165) is 126 Å². The molecule has 11 rings (SSSR count). The second-order valence-electron chi connectivity index (χ2n) is 26.1. The molecule has 1 amide bonds. The molecule has 1 atom stereocenters. The number of aromatic nitrogens is 7. The van der Waals surface area contributed by atoms with E-state index in [1.807, 2.05) is 65.1 Å². The highest BCUT2D eigenvalue weighted by Crippen LogP contribution is 2.34. The normalized spacial score (nSPS) is 16.3. The molecule has 1 unspecified atom stereocenters. The van der Waals surface area contributed by atoms with Gasteiger partial charge in [-0.15, -0.1) is 0 Å². The number of carbonyl (C=O) groups is 4. The molecule has 9 heterocycles. The topological polar surface area (TPSA) is 287 Å². The zero-order chi connectivity index (χ0) is 67.9. The Morgan fingerprint density at radius 3 is 1.65 bits per heavy atom. The van der Waals surface area contributed by atoms with Crippen molar-refractivity contribution in [1.82, 2.24) is 54.5 Å². The molecule has 5 aliphatic heterocycles. The summed E-state index contributed by atoms with van der Waals surface area (Å²) in [4.78, 5) is 96.4. The molecule has 0 spiro atoms. The summed E-state index contributed by atoms with van der Waals surface area (Å²) in [7, 11) is 2.11. The van der Waals surface area contributed by atoms with E-state index in [2.05, 4.69) is 125 Å². The number of likely N-dealkylation sites (tertiary alicyclic amines) is 1. The van der Waals surface area contributed by atoms with Gasteiger partial charge in [0.2, 0.25) is 5.91 Å². The van der Waals surface area contributed by atoms with E-state index in [4.69, 9.17) is 31.4 Å². The van der Waals surface area contributed by atoms with Gasteiger partial charge in [0.05, 0.1) is 45.5 Å². The van der Waals surface area contributed by atoms with E-state index in [1.54, 1.807) is 0 Å². The SMILES string of the molecule is CCCC(C)Oc1nc(N)c2c(n1)N(Cc1ccc(C)nc1)CC(=O)C2.CCCCOc1nc(N)c2c(n1)N(CCC1CCN(Cc3ccccc3)CC1)CC(=O)C2.CCCCOc1nc(N)c2c(n1)N(CCCN(Cc1ccccc1)C(=O)CN1CCN(C)CC1)CC(=O)C2. The summed E-state index contributed by atoms with van der Waals surface area (Å²) in [6.07, 6.45) is 12.6. The Kier molecular flexibility index (Phi) is 26.8. The van der Waals surface area contributed by atoms with Gasteiger partial charge in [0.1, 0.15) is 34.9 Å². The van der Waals surface area contributed by atoms with E-state index in [9.17, 15) is 19.2 Å². The van der Waals surface area contributed by atoms with Gasteiger partial charge in [0.15, 0.2) is 17.3 Å². The molecule has 0 aliphatic carbocycles. The zero-order valence-electron chi connectivity index (χ0n) is 57.4. The van der Waals surface area contributed by atoms with Gasteiger partial charge >= 0.3 is 18.0 Å². The number of nitrogens with two attached hydrogens (primary N) is 3. The van der Waals surface area contributed by atoms with Crippen molar-refractivity contribution in [2.24, 2.45) is 5.92 Å². The first kappa shape index (κ1) is 71.7. The molecule has 24 heteroatoms. The van der Waals surface area contributed by atoms with E-state index in [-0.39, 0.29) is 60.8 Å². The largest absolute Gasteiger partial charge is 0.463 e. The number of ether oxygens (including phenoxy) is 3. The molecule has 0 saturated carbocycles. The molecule has 6 aromatic rings. The highest BCUT2D eigenvalue weighted by atomic mass is 16.5. The molecular formula is C72H101N17O7. The zero-order valence-corrected chi connectivity index (χ0v) is 57.4. The van der Waals surface area contributed by atoms with E-state index in [0.29, 0.717) is 124 Å². The number of nitrogens with zero attached hydrogens (tertiary/aromatic N) is 14. The van der Waals surface area contributed by atoms with Crippen LogP contribution in [0.5, 0.6) is 18.0 Å². The molecule has 4 aromatic heterocycles. The van der Waals surface area contributed by atoms with Crippen LogP contribution in [0.2, 0.25) is 0 Å². The first-order chi connectivity index (χ1) is 46.5. The highest BCUT2D eigenvalue weighted by Gasteiger charge is 2.32. The number of Topliss-reactive ketones (excluding diaryl/α,β-unsaturated/α-hetero) is 3. The molecule has 2 saturated heterocycles. The van der Waals surface area contributed by atoms with Crippen LogP contribution in [0.1, 0.15) is 131 Å². The molecule has 6 N–H and O–H groups in total. The van der Waals surface area contributed by atoms with Crippen molar-refractivity contribution in [2.45, 2.75) is 144 Å². The van der Waals surface area contributed by atoms with Crippen molar-refractivity contribution < 1.29 is 33.4 Å². The van der Waals surface area contributed by atoms with Gasteiger partial charge in [-0.25, -0.2) is 0 Å². The number of pyridine rings is 1. The lowest BCUT2D eigenvalue weighted by Crippen LogP contribution is -2.49. The summed E-state index contributed by atoms with van der Waals surface area (Å²) in [6, 6.07) is 25.6. The monoisotopic (exact) mass is 1320 g/mol. The maximum atomic E-state index is 13.4. The summed E-state index contributed by atoms with van der Waals surface area (Å²) in [5.74, 6) is 4.26. The van der Waals surface area contributed by atoms with E-state index < -0.39 is 0 Å². The number of benzene rings is 2. The molecule has 2 aromatic carbocycles. The van der Waals surface area contributed by atoms with Crippen LogP contribution in [-0.4, -0.2) is 189 Å². The minimum absolute atomic E-state index is 0.0115. The average molecular weight is 1320 g/mol. The molecule has 24 nitrogen and oxygen atoms in total. The maximum Gasteiger partial charge on any atom is 0.320 e. The maximum absolute atomic E-state index is 13.4. The average Bonchev–Trinajstić information content (AvgIpc) is 0.804. The molecule has 0 radical (unpaired) electrons. The summed E-state index contributed by atoms with van der Waals surface area (Å²) < 4.78 is 17.2. The number of unbranched alkanes of at least 4 members (excludes halogenated alkanes) is 2. The minimum Gasteiger partial charge on any atom is -0.463 e. The smallest absolute Gasteiger partial charge is 0.320 e. The Bertz CT molecular complexity index is 3480. The number of hydrogen-bond acceptors (Lipinski definition) is 23. The minimum atomic E-state index is 0.0115. The van der Waals surface area contributed by atoms with Gasteiger partial charge in [0, 0.05) is 113 Å². The first-order valence-corrected chi connectivity index (χ1v) is 34.6. The lowest BCUT2D eigenvalue weighted by Gasteiger charge is -2.34. The molecule has 516 valence electrons. The number of piperazine rings is 1. The Morgan fingerprint density at radius 2 is 1.10 bits per heavy atom. The van der Waals surface area contributed by atoms with Crippen molar-refractivity contribution in [3.05, 3.63) is 118 Å². The fourth-order valence-electron chi connectivity index (χ4n) is 12.5. The Balaban J connectivity index is 0.000000172. The number of hydrogen-bond donors (Lipinski definition) is 3. The van der Waals surface area contributed by atoms with Crippen LogP contribution in [0, 0.1) is 12.8 Å². The number of amides is 1. The van der Waals surface area contributed by atoms with Gasteiger partial charge in [-0.05, 0) is 108 Å². The van der Waals surface area contributed by atoms with Gasteiger partial charge in [-0.3, -0.25) is 34.0 Å². The van der Waals surface area contributed by atoms with Crippen molar-refractivity contribution in [1.29, 1.82) is 0 Å². The van der Waals surface area contributed by atoms with Gasteiger partial charge in [0.25, 0.3) is 0 Å². The summed E-state index contributed by atoms with van der Waals surface area (Å²) in [5.41, 5.74) is 25.0. The first-order valence-electron chi connectivity index (χ1n) is 34.6. The third-order valence-corrected chi connectivity index (χ3v) is 18.1. The number of rotatable bonds is 27. The second kappa shape index (κ2) is 35.9. The van der Waals surface area contributed by atoms with Gasteiger partial charge < -0.3 is 55.9 Å². The van der Waals surface area contributed by atoms with Gasteiger partial charge in [-0.1, -0.05) is 107 Å². The number of likely N-dealkylation sites (N-methyl/N-ethyl adjacent to an activating group) is 1. The Hall–Kier alpha value is -8.61. The fourth-order valence-corrected chi connectivity index (χ4v) is 12.5. The fraction of sp³-hybridized carbons (Fsp3) is 0.542. The van der Waals surface area contributed by atoms with Crippen LogP contribution in [0.4, 0.5) is 34.9 Å². The van der Waals surface area contributed by atoms with E-state index in [1.165, 1.54) is 18.4 Å². The van der Waals surface area contributed by atoms with Crippen LogP contribution in [-0.2, 0) is 58.1 Å². The van der Waals surface area contributed by atoms with Crippen molar-refractivity contribution in [2.75, 3.05) is 137 Å². The summed E-state index contributed by atoms with van der Waals surface area (Å²) in [5, 5.41) is 0. The van der Waals surface area contributed by atoms with Crippen LogP contribution in [0.3, 0.4) is 0 Å². The summed E-state index contributed by atoms with van der Waals surface area (Å²) >= 11 is 0. The number of fused-ring (bicyclic) bond motifs is 3. The predicted octanol–water partition coefficient (Wildman–Crippen LogP) is 7.77. The van der Waals surface area contributed by atoms with Crippen LogP contribution >= 0.6 is 0 Å². The number of carbonyl (C=O) groups excluding carboxylic acids is 4. The second-order valence-corrected chi connectivity index (χ2v) is 26.1. The van der Waals surface area contributed by atoms with Crippen molar-refractivity contribution in [3.8, 4) is 18.0 Å².